The van der Waals surface area contributed by atoms with Crippen molar-refractivity contribution in [1.29, 1.82) is 0 Å². The van der Waals surface area contributed by atoms with E-state index in [1.54, 1.807) is 0 Å². The van der Waals surface area contributed by atoms with Gasteiger partial charge in [0, 0.05) is 23.1 Å². The van der Waals surface area contributed by atoms with Crippen molar-refractivity contribution in [2.45, 2.75) is 38.8 Å². The first-order chi connectivity index (χ1) is 7.95. The molecule has 1 aromatic rings. The van der Waals surface area contributed by atoms with Gasteiger partial charge < -0.3 is 4.74 Å². The van der Waals surface area contributed by atoms with E-state index in [2.05, 4.69) is 41.6 Å². The van der Waals surface area contributed by atoms with Crippen LogP contribution in [0.3, 0.4) is 0 Å². The molecule has 0 spiro atoms. The summed E-state index contributed by atoms with van der Waals surface area (Å²) in [5.74, 6) is 0.967. The highest BCUT2D eigenvalue weighted by Crippen LogP contribution is 2.24. The Hall–Kier alpha value is -0.540. The maximum absolute atomic E-state index is 5.99. The summed E-state index contributed by atoms with van der Waals surface area (Å²) in [6, 6.07) is 8.07. The molecule has 0 aliphatic carbocycles. The Morgan fingerprint density at radius 3 is 2.41 bits per heavy atom. The van der Waals surface area contributed by atoms with E-state index in [9.17, 15) is 0 Å². The molecule has 0 saturated carbocycles. The molecule has 2 nitrogen and oxygen atoms in total. The van der Waals surface area contributed by atoms with Gasteiger partial charge in [0.15, 0.2) is 0 Å². The molecule has 0 aromatic heterocycles. The van der Waals surface area contributed by atoms with Crippen LogP contribution in [0.4, 0.5) is 0 Å². The van der Waals surface area contributed by atoms with Crippen LogP contribution in [0.2, 0.25) is 0 Å². The Kier molecular flexibility index (Phi) is 3.79. The number of hydrogen-bond donors (Lipinski definition) is 0. The lowest BCUT2D eigenvalue weighted by Gasteiger charge is -2.31. The van der Waals surface area contributed by atoms with Crippen LogP contribution < -0.4 is 4.74 Å². The number of nitrogens with zero attached hydrogens (tertiary/aromatic N) is 1. The maximum atomic E-state index is 5.99. The number of rotatable bonds is 2. The Morgan fingerprint density at radius 2 is 1.88 bits per heavy atom. The maximum Gasteiger partial charge on any atom is 0.119 e. The van der Waals surface area contributed by atoms with Gasteiger partial charge in [-0.05, 0) is 51.5 Å². The topological polar surface area (TPSA) is 12.5 Å². The van der Waals surface area contributed by atoms with Gasteiger partial charge in [0.25, 0.3) is 0 Å². The molecule has 1 heterocycles. The number of benzene rings is 1. The summed E-state index contributed by atoms with van der Waals surface area (Å²) in [5.41, 5.74) is 0.248. The van der Waals surface area contributed by atoms with Crippen LogP contribution in [0.25, 0.3) is 0 Å². The summed E-state index contributed by atoms with van der Waals surface area (Å²) < 4.78 is 7.08. The van der Waals surface area contributed by atoms with Crippen LogP contribution in [0.1, 0.15) is 27.2 Å². The van der Waals surface area contributed by atoms with Gasteiger partial charge in [-0.1, -0.05) is 15.9 Å². The average molecular weight is 298 g/mol. The molecule has 1 aliphatic rings. The molecule has 94 valence electrons. The zero-order chi connectivity index (χ0) is 12.5. The quantitative estimate of drug-likeness (QED) is 0.825. The zero-order valence-corrected chi connectivity index (χ0v) is 12.3. The average Bonchev–Trinajstić information content (AvgIpc) is 2.69. The van der Waals surface area contributed by atoms with E-state index in [1.807, 2.05) is 24.3 Å². The van der Waals surface area contributed by atoms with Crippen LogP contribution in [-0.2, 0) is 0 Å². The number of hydrogen-bond acceptors (Lipinski definition) is 2. The van der Waals surface area contributed by atoms with Crippen molar-refractivity contribution in [1.82, 2.24) is 4.90 Å². The Morgan fingerprint density at radius 1 is 1.24 bits per heavy atom. The molecular weight excluding hydrogens is 278 g/mol. The minimum Gasteiger partial charge on any atom is -0.489 e. The van der Waals surface area contributed by atoms with Crippen molar-refractivity contribution in [2.75, 3.05) is 13.1 Å². The highest BCUT2D eigenvalue weighted by atomic mass is 79.9. The smallest absolute Gasteiger partial charge is 0.119 e. The largest absolute Gasteiger partial charge is 0.489 e. The molecule has 0 bridgehead atoms. The molecule has 3 heteroatoms. The van der Waals surface area contributed by atoms with Crippen molar-refractivity contribution in [3.63, 3.8) is 0 Å². The summed E-state index contributed by atoms with van der Waals surface area (Å²) in [6.45, 7) is 8.93. The van der Waals surface area contributed by atoms with Crippen LogP contribution in [0.15, 0.2) is 28.7 Å². The molecule has 1 aromatic carbocycles. The molecule has 2 rings (SSSR count). The number of likely N-dealkylation sites (tertiary alicyclic amines) is 1. The van der Waals surface area contributed by atoms with Crippen molar-refractivity contribution in [3.8, 4) is 5.75 Å². The first-order valence-corrected chi connectivity index (χ1v) is 6.92. The second-order valence-electron chi connectivity index (χ2n) is 5.60. The lowest BCUT2D eigenvalue weighted by molar-refractivity contribution is 0.141. The second kappa shape index (κ2) is 4.99. The van der Waals surface area contributed by atoms with Gasteiger partial charge in [0.2, 0.25) is 0 Å². The fourth-order valence-electron chi connectivity index (χ4n) is 2.14. The predicted molar refractivity (Wildman–Crippen MR) is 74.5 cm³/mol. The van der Waals surface area contributed by atoms with E-state index in [0.717, 1.165) is 29.7 Å². The molecular formula is C14H20BrNO. The third-order valence-electron chi connectivity index (χ3n) is 3.21. The van der Waals surface area contributed by atoms with Gasteiger partial charge in [-0.25, -0.2) is 0 Å². The molecule has 1 fully saturated rings. The van der Waals surface area contributed by atoms with Gasteiger partial charge in [0.05, 0.1) is 0 Å². The van der Waals surface area contributed by atoms with Crippen LogP contribution in [0, 0.1) is 0 Å². The molecule has 0 N–H and O–H groups in total. The van der Waals surface area contributed by atoms with Crippen LogP contribution in [0.5, 0.6) is 5.75 Å². The highest BCUT2D eigenvalue weighted by molar-refractivity contribution is 9.10. The molecule has 1 aliphatic heterocycles. The third kappa shape index (κ3) is 3.46. The van der Waals surface area contributed by atoms with Gasteiger partial charge in [-0.3, -0.25) is 4.90 Å². The lowest BCUT2D eigenvalue weighted by Crippen LogP contribution is -2.40. The lowest BCUT2D eigenvalue weighted by atomic mass is 10.1. The molecule has 1 saturated heterocycles. The Labute approximate surface area is 112 Å². The summed E-state index contributed by atoms with van der Waals surface area (Å²) in [7, 11) is 0. The second-order valence-corrected chi connectivity index (χ2v) is 6.51. The fourth-order valence-corrected chi connectivity index (χ4v) is 2.40. The van der Waals surface area contributed by atoms with E-state index in [0.29, 0.717) is 6.10 Å². The summed E-state index contributed by atoms with van der Waals surface area (Å²) >= 11 is 3.43. The minimum absolute atomic E-state index is 0.248. The zero-order valence-electron chi connectivity index (χ0n) is 10.7. The van der Waals surface area contributed by atoms with Crippen molar-refractivity contribution < 1.29 is 4.74 Å². The molecule has 0 radical (unpaired) electrons. The molecule has 1 unspecified atom stereocenters. The first kappa shape index (κ1) is 12.9. The van der Waals surface area contributed by atoms with Gasteiger partial charge in [-0.15, -0.1) is 0 Å². The first-order valence-electron chi connectivity index (χ1n) is 6.12. The summed E-state index contributed by atoms with van der Waals surface area (Å²) in [4.78, 5) is 2.48. The van der Waals surface area contributed by atoms with Crippen molar-refractivity contribution in [2.24, 2.45) is 0 Å². The fraction of sp³-hybridized carbons (Fsp3) is 0.571. The van der Waals surface area contributed by atoms with E-state index in [1.165, 1.54) is 0 Å². The number of halogens is 1. The third-order valence-corrected chi connectivity index (χ3v) is 3.74. The molecule has 1 atom stereocenters. The summed E-state index contributed by atoms with van der Waals surface area (Å²) in [6.07, 6.45) is 1.45. The molecule has 0 amide bonds. The standard InChI is InChI=1S/C14H20BrNO/c1-14(2,3)16-9-8-13(10-16)17-12-6-4-11(15)5-7-12/h4-7,13H,8-10H2,1-3H3. The minimum atomic E-state index is 0.248. The summed E-state index contributed by atoms with van der Waals surface area (Å²) in [5, 5.41) is 0. The van der Waals surface area contributed by atoms with E-state index >= 15 is 0 Å². The van der Waals surface area contributed by atoms with E-state index in [4.69, 9.17) is 4.74 Å². The Balaban J connectivity index is 1.92. The predicted octanol–water partition coefficient (Wildman–Crippen LogP) is 3.70. The van der Waals surface area contributed by atoms with E-state index < -0.39 is 0 Å². The molecule has 17 heavy (non-hydrogen) atoms. The monoisotopic (exact) mass is 297 g/mol. The van der Waals surface area contributed by atoms with Crippen molar-refractivity contribution in [3.05, 3.63) is 28.7 Å². The Bertz CT molecular complexity index is 369. The van der Waals surface area contributed by atoms with Crippen LogP contribution in [-0.4, -0.2) is 29.6 Å². The number of ether oxygens (including phenoxy) is 1. The van der Waals surface area contributed by atoms with Crippen molar-refractivity contribution >= 4 is 15.9 Å². The van der Waals surface area contributed by atoms with E-state index in [-0.39, 0.29) is 5.54 Å². The van der Waals surface area contributed by atoms with Gasteiger partial charge in [0.1, 0.15) is 11.9 Å². The normalized spacial score (nSPS) is 21.8. The highest BCUT2D eigenvalue weighted by Gasteiger charge is 2.31. The van der Waals surface area contributed by atoms with Gasteiger partial charge in [-0.2, -0.15) is 0 Å². The SMILES string of the molecule is CC(C)(C)N1CCC(Oc2ccc(Br)cc2)C1. The van der Waals surface area contributed by atoms with Gasteiger partial charge >= 0.3 is 0 Å². The van der Waals surface area contributed by atoms with Crippen LogP contribution >= 0.6 is 15.9 Å².